The first kappa shape index (κ1) is 12.9. The number of hydrogen-bond donors (Lipinski definition) is 1. The Morgan fingerprint density at radius 3 is 2.89 bits per heavy atom. The van der Waals surface area contributed by atoms with Gasteiger partial charge in [0.15, 0.2) is 0 Å². The molecule has 5 heteroatoms. The van der Waals surface area contributed by atoms with Gasteiger partial charge in [0.25, 0.3) is 0 Å². The fraction of sp³-hybridized carbons (Fsp3) is 0.308. The SMILES string of the molecule is Cc1ccc(Cl)c(OC(CN)c2cnn(C)c2)c1. The van der Waals surface area contributed by atoms with Crippen LogP contribution >= 0.6 is 11.6 Å². The first-order valence-electron chi connectivity index (χ1n) is 5.71. The van der Waals surface area contributed by atoms with Crippen molar-refractivity contribution in [3.8, 4) is 5.75 Å². The summed E-state index contributed by atoms with van der Waals surface area (Å²) >= 11 is 6.10. The zero-order chi connectivity index (χ0) is 13.1. The van der Waals surface area contributed by atoms with Crippen LogP contribution in [0.4, 0.5) is 0 Å². The molecule has 0 saturated carbocycles. The average molecular weight is 266 g/mol. The Hall–Kier alpha value is -1.52. The normalized spacial score (nSPS) is 12.4. The first-order valence-corrected chi connectivity index (χ1v) is 6.09. The van der Waals surface area contributed by atoms with Gasteiger partial charge in [-0.3, -0.25) is 4.68 Å². The van der Waals surface area contributed by atoms with E-state index in [0.717, 1.165) is 11.1 Å². The number of hydrogen-bond acceptors (Lipinski definition) is 3. The Labute approximate surface area is 111 Å². The molecule has 18 heavy (non-hydrogen) atoms. The van der Waals surface area contributed by atoms with Crippen molar-refractivity contribution < 1.29 is 4.74 Å². The molecule has 0 aliphatic heterocycles. The van der Waals surface area contributed by atoms with Crippen LogP contribution in [-0.2, 0) is 7.05 Å². The Morgan fingerprint density at radius 1 is 1.50 bits per heavy atom. The van der Waals surface area contributed by atoms with E-state index in [-0.39, 0.29) is 6.10 Å². The lowest BCUT2D eigenvalue weighted by Crippen LogP contribution is -2.18. The highest BCUT2D eigenvalue weighted by molar-refractivity contribution is 6.32. The first-order chi connectivity index (χ1) is 8.60. The van der Waals surface area contributed by atoms with E-state index >= 15 is 0 Å². The molecule has 2 N–H and O–H groups in total. The minimum Gasteiger partial charge on any atom is -0.483 e. The van der Waals surface area contributed by atoms with E-state index < -0.39 is 0 Å². The number of halogens is 1. The van der Waals surface area contributed by atoms with Gasteiger partial charge in [0.2, 0.25) is 0 Å². The summed E-state index contributed by atoms with van der Waals surface area (Å²) in [7, 11) is 1.86. The summed E-state index contributed by atoms with van der Waals surface area (Å²) < 4.78 is 7.59. The molecule has 0 amide bonds. The molecule has 1 heterocycles. The van der Waals surface area contributed by atoms with E-state index in [9.17, 15) is 0 Å². The van der Waals surface area contributed by atoms with Gasteiger partial charge in [0.05, 0.1) is 11.2 Å². The lowest BCUT2D eigenvalue weighted by Gasteiger charge is -2.17. The summed E-state index contributed by atoms with van der Waals surface area (Å²) in [6, 6.07) is 5.67. The van der Waals surface area contributed by atoms with Crippen molar-refractivity contribution in [2.45, 2.75) is 13.0 Å². The second-order valence-corrected chi connectivity index (χ2v) is 4.63. The summed E-state index contributed by atoms with van der Waals surface area (Å²) in [5.41, 5.74) is 7.78. The number of ether oxygens (including phenoxy) is 1. The Bertz CT molecular complexity index is 539. The van der Waals surface area contributed by atoms with Crippen LogP contribution in [0.25, 0.3) is 0 Å². The van der Waals surface area contributed by atoms with E-state index in [2.05, 4.69) is 5.10 Å². The van der Waals surface area contributed by atoms with E-state index in [1.807, 2.05) is 38.4 Å². The van der Waals surface area contributed by atoms with Crippen molar-refractivity contribution in [1.82, 2.24) is 9.78 Å². The van der Waals surface area contributed by atoms with E-state index in [0.29, 0.717) is 17.3 Å². The third-order valence-electron chi connectivity index (χ3n) is 2.67. The number of nitrogens with zero attached hydrogens (tertiary/aromatic N) is 2. The molecule has 1 unspecified atom stereocenters. The third kappa shape index (κ3) is 2.83. The van der Waals surface area contributed by atoms with Crippen LogP contribution in [0.15, 0.2) is 30.6 Å². The van der Waals surface area contributed by atoms with Crippen molar-refractivity contribution in [3.05, 3.63) is 46.7 Å². The highest BCUT2D eigenvalue weighted by Crippen LogP contribution is 2.29. The van der Waals surface area contributed by atoms with Crippen molar-refractivity contribution in [2.24, 2.45) is 12.8 Å². The predicted molar refractivity (Wildman–Crippen MR) is 71.8 cm³/mol. The number of benzene rings is 1. The molecular formula is C13H16ClN3O. The van der Waals surface area contributed by atoms with Gasteiger partial charge in [-0.25, -0.2) is 0 Å². The molecule has 0 radical (unpaired) electrons. The van der Waals surface area contributed by atoms with Gasteiger partial charge in [-0.15, -0.1) is 0 Å². The second-order valence-electron chi connectivity index (χ2n) is 4.22. The number of rotatable bonds is 4. The molecule has 1 atom stereocenters. The summed E-state index contributed by atoms with van der Waals surface area (Å²) in [6.45, 7) is 2.36. The predicted octanol–water partition coefficient (Wildman–Crippen LogP) is 2.46. The number of nitrogens with two attached hydrogens (primary N) is 1. The lowest BCUT2D eigenvalue weighted by molar-refractivity contribution is 0.214. The Balaban J connectivity index is 2.22. The minimum atomic E-state index is -0.238. The highest BCUT2D eigenvalue weighted by atomic mass is 35.5. The van der Waals surface area contributed by atoms with Crippen LogP contribution < -0.4 is 10.5 Å². The molecule has 1 aromatic heterocycles. The average Bonchev–Trinajstić information content (AvgIpc) is 2.77. The fourth-order valence-electron chi connectivity index (χ4n) is 1.71. The summed E-state index contributed by atoms with van der Waals surface area (Å²) in [5.74, 6) is 0.649. The van der Waals surface area contributed by atoms with Crippen molar-refractivity contribution >= 4 is 11.6 Å². The molecular weight excluding hydrogens is 250 g/mol. The standard InChI is InChI=1S/C13H16ClN3O/c1-9-3-4-11(14)12(5-9)18-13(6-15)10-7-16-17(2)8-10/h3-5,7-8,13H,6,15H2,1-2H3. The van der Waals surface area contributed by atoms with Gasteiger partial charge in [-0.1, -0.05) is 17.7 Å². The number of aryl methyl sites for hydroxylation is 2. The fourth-order valence-corrected chi connectivity index (χ4v) is 1.87. The van der Waals surface area contributed by atoms with Gasteiger partial charge in [-0.2, -0.15) is 5.10 Å². The summed E-state index contributed by atoms with van der Waals surface area (Å²) in [4.78, 5) is 0. The number of aromatic nitrogens is 2. The molecule has 0 aliphatic carbocycles. The molecule has 2 rings (SSSR count). The summed E-state index contributed by atoms with van der Waals surface area (Å²) in [6.07, 6.45) is 3.40. The Morgan fingerprint density at radius 2 is 2.28 bits per heavy atom. The largest absolute Gasteiger partial charge is 0.483 e. The van der Waals surface area contributed by atoms with Crippen LogP contribution in [0.3, 0.4) is 0 Å². The van der Waals surface area contributed by atoms with Crippen molar-refractivity contribution in [3.63, 3.8) is 0 Å². The summed E-state index contributed by atoms with van der Waals surface area (Å²) in [5, 5.41) is 4.70. The van der Waals surface area contributed by atoms with Gasteiger partial charge < -0.3 is 10.5 Å². The van der Waals surface area contributed by atoms with Gasteiger partial charge in [0.1, 0.15) is 11.9 Å². The maximum atomic E-state index is 6.10. The molecule has 0 spiro atoms. The van der Waals surface area contributed by atoms with Crippen LogP contribution in [0.2, 0.25) is 5.02 Å². The molecule has 96 valence electrons. The van der Waals surface area contributed by atoms with Gasteiger partial charge in [0, 0.05) is 25.4 Å². The molecule has 0 fully saturated rings. The quantitative estimate of drug-likeness (QED) is 0.924. The molecule has 0 bridgehead atoms. The molecule has 4 nitrogen and oxygen atoms in total. The van der Waals surface area contributed by atoms with Crippen LogP contribution in [-0.4, -0.2) is 16.3 Å². The molecule has 0 aliphatic rings. The molecule has 1 aromatic carbocycles. The van der Waals surface area contributed by atoms with E-state index in [1.54, 1.807) is 10.9 Å². The smallest absolute Gasteiger partial charge is 0.139 e. The van der Waals surface area contributed by atoms with Crippen molar-refractivity contribution in [2.75, 3.05) is 6.54 Å². The minimum absolute atomic E-state index is 0.238. The van der Waals surface area contributed by atoms with Crippen LogP contribution in [0, 0.1) is 6.92 Å². The van der Waals surface area contributed by atoms with E-state index in [4.69, 9.17) is 22.1 Å². The molecule has 0 saturated heterocycles. The van der Waals surface area contributed by atoms with Crippen LogP contribution in [0.1, 0.15) is 17.2 Å². The topological polar surface area (TPSA) is 53.1 Å². The molecule has 2 aromatic rings. The van der Waals surface area contributed by atoms with Crippen molar-refractivity contribution in [1.29, 1.82) is 0 Å². The monoisotopic (exact) mass is 265 g/mol. The van der Waals surface area contributed by atoms with Gasteiger partial charge >= 0.3 is 0 Å². The Kier molecular flexibility index (Phi) is 3.89. The van der Waals surface area contributed by atoms with Gasteiger partial charge in [-0.05, 0) is 24.6 Å². The zero-order valence-corrected chi connectivity index (χ0v) is 11.2. The maximum Gasteiger partial charge on any atom is 0.139 e. The lowest BCUT2D eigenvalue weighted by atomic mass is 10.2. The highest BCUT2D eigenvalue weighted by Gasteiger charge is 2.15. The zero-order valence-electron chi connectivity index (χ0n) is 10.4. The second kappa shape index (κ2) is 5.42. The maximum absolute atomic E-state index is 6.10. The van der Waals surface area contributed by atoms with Crippen LogP contribution in [0.5, 0.6) is 5.75 Å². The van der Waals surface area contributed by atoms with E-state index in [1.165, 1.54) is 0 Å². The third-order valence-corrected chi connectivity index (χ3v) is 2.98.